The van der Waals surface area contributed by atoms with Crippen LogP contribution in [-0.4, -0.2) is 15.2 Å². The molecule has 0 spiro atoms. The smallest absolute Gasteiger partial charge is 0.101 e. The molecule has 88 valence electrons. The molecule has 0 unspecified atom stereocenters. The highest BCUT2D eigenvalue weighted by Gasteiger charge is 2.04. The quantitative estimate of drug-likeness (QED) is 0.792. The Hall–Kier alpha value is -1.90. The van der Waals surface area contributed by atoms with E-state index in [4.69, 9.17) is 0 Å². The third-order valence-corrected chi connectivity index (χ3v) is 2.63. The zero-order valence-corrected chi connectivity index (χ0v) is 10.1. The molecule has 1 N–H and O–H groups in total. The van der Waals surface area contributed by atoms with E-state index >= 15 is 0 Å². The molecular formula is C14H17N3. The molecule has 3 heteroatoms. The maximum absolute atomic E-state index is 4.27. The van der Waals surface area contributed by atoms with E-state index in [9.17, 15) is 0 Å². The van der Waals surface area contributed by atoms with Crippen molar-refractivity contribution in [2.75, 3.05) is 0 Å². The average molecular weight is 227 g/mol. The van der Waals surface area contributed by atoms with Gasteiger partial charge in [0.25, 0.3) is 0 Å². The molecule has 2 rings (SSSR count). The molecule has 0 fully saturated rings. The van der Waals surface area contributed by atoms with Crippen molar-refractivity contribution < 1.29 is 0 Å². The maximum Gasteiger partial charge on any atom is 0.101 e. The van der Waals surface area contributed by atoms with Gasteiger partial charge in [0.1, 0.15) is 5.69 Å². The highest BCUT2D eigenvalue weighted by molar-refractivity contribution is 5.70. The Labute approximate surface area is 102 Å². The number of rotatable bonds is 5. The van der Waals surface area contributed by atoms with Crippen molar-refractivity contribution in [1.82, 2.24) is 15.2 Å². The highest BCUT2D eigenvalue weighted by Crippen LogP contribution is 2.21. The van der Waals surface area contributed by atoms with Crippen LogP contribution in [0.5, 0.6) is 0 Å². The highest BCUT2D eigenvalue weighted by atomic mass is 15.1. The lowest BCUT2D eigenvalue weighted by Gasteiger charge is -1.97. The molecule has 0 aliphatic rings. The predicted octanol–water partition coefficient (Wildman–Crippen LogP) is 3.68. The fraction of sp³-hybridized carbons (Fsp3) is 0.286. The van der Waals surface area contributed by atoms with E-state index in [-0.39, 0.29) is 0 Å². The van der Waals surface area contributed by atoms with Gasteiger partial charge in [-0.05, 0) is 18.6 Å². The zero-order chi connectivity index (χ0) is 11.9. The van der Waals surface area contributed by atoms with Crippen LogP contribution in [0.25, 0.3) is 17.3 Å². The molecule has 17 heavy (non-hydrogen) atoms. The van der Waals surface area contributed by atoms with Crippen LogP contribution in [-0.2, 0) is 0 Å². The molecule has 0 aromatic carbocycles. The zero-order valence-electron chi connectivity index (χ0n) is 10.1. The Bertz CT molecular complexity index is 471. The Kier molecular flexibility index (Phi) is 4.08. The summed E-state index contributed by atoms with van der Waals surface area (Å²) in [5.74, 6) is 0. The second-order valence-electron chi connectivity index (χ2n) is 3.98. The van der Waals surface area contributed by atoms with Gasteiger partial charge < -0.3 is 0 Å². The van der Waals surface area contributed by atoms with E-state index in [1.54, 1.807) is 6.20 Å². The number of pyridine rings is 1. The number of unbranched alkanes of at least 4 members (excludes halogenated alkanes) is 2. The van der Waals surface area contributed by atoms with E-state index in [1.807, 2.05) is 24.5 Å². The standard InChI is InChI=1S/C14H17N3/c1-2-3-4-5-7-13-11-16-17-14(13)12-8-6-9-15-10-12/h5-11H,2-4H2,1H3,(H,16,17). The largest absolute Gasteiger partial charge is 0.284 e. The SMILES string of the molecule is CCCCC=Cc1c[nH]nc1-c1cccnc1. The molecule has 2 heterocycles. The van der Waals surface area contributed by atoms with Gasteiger partial charge in [0, 0.05) is 29.7 Å². The van der Waals surface area contributed by atoms with Gasteiger partial charge in [0.15, 0.2) is 0 Å². The lowest BCUT2D eigenvalue weighted by molar-refractivity contribution is 0.816. The molecule has 0 aliphatic carbocycles. The molecule has 0 saturated carbocycles. The number of aromatic amines is 1. The van der Waals surface area contributed by atoms with Crippen LogP contribution >= 0.6 is 0 Å². The van der Waals surface area contributed by atoms with E-state index in [0.29, 0.717) is 0 Å². The van der Waals surface area contributed by atoms with Gasteiger partial charge in [0.2, 0.25) is 0 Å². The molecular weight excluding hydrogens is 210 g/mol. The van der Waals surface area contributed by atoms with Gasteiger partial charge in [-0.3, -0.25) is 10.1 Å². The lowest BCUT2D eigenvalue weighted by atomic mass is 10.1. The summed E-state index contributed by atoms with van der Waals surface area (Å²) >= 11 is 0. The summed E-state index contributed by atoms with van der Waals surface area (Å²) in [5, 5.41) is 7.18. The van der Waals surface area contributed by atoms with Crippen molar-refractivity contribution in [3.8, 4) is 11.3 Å². The van der Waals surface area contributed by atoms with Crippen LogP contribution in [0.2, 0.25) is 0 Å². The van der Waals surface area contributed by atoms with Crippen molar-refractivity contribution in [2.24, 2.45) is 0 Å². The monoisotopic (exact) mass is 227 g/mol. The average Bonchev–Trinajstić information content (AvgIpc) is 2.84. The number of allylic oxidation sites excluding steroid dienone is 1. The van der Waals surface area contributed by atoms with E-state index in [2.05, 4.69) is 34.3 Å². The molecule has 0 aliphatic heterocycles. The van der Waals surface area contributed by atoms with Crippen molar-refractivity contribution in [1.29, 1.82) is 0 Å². The van der Waals surface area contributed by atoms with Crippen molar-refractivity contribution in [3.05, 3.63) is 42.4 Å². The summed E-state index contributed by atoms with van der Waals surface area (Å²) in [6, 6.07) is 3.95. The summed E-state index contributed by atoms with van der Waals surface area (Å²) in [6.07, 6.45) is 13.4. The first-order valence-electron chi connectivity index (χ1n) is 6.02. The molecule has 2 aromatic heterocycles. The first kappa shape index (κ1) is 11.6. The molecule has 3 nitrogen and oxygen atoms in total. The third kappa shape index (κ3) is 3.03. The van der Waals surface area contributed by atoms with Gasteiger partial charge in [-0.1, -0.05) is 31.9 Å². The fourth-order valence-corrected chi connectivity index (χ4v) is 1.69. The van der Waals surface area contributed by atoms with Crippen molar-refractivity contribution in [2.45, 2.75) is 26.2 Å². The van der Waals surface area contributed by atoms with Gasteiger partial charge in [0.05, 0.1) is 0 Å². The van der Waals surface area contributed by atoms with Gasteiger partial charge in [-0.15, -0.1) is 0 Å². The summed E-state index contributed by atoms with van der Waals surface area (Å²) in [7, 11) is 0. The first-order chi connectivity index (χ1) is 8.42. The summed E-state index contributed by atoms with van der Waals surface area (Å²) in [4.78, 5) is 4.11. The number of hydrogen-bond donors (Lipinski definition) is 1. The third-order valence-electron chi connectivity index (χ3n) is 2.63. The Balaban J connectivity index is 2.15. The predicted molar refractivity (Wildman–Crippen MR) is 70.4 cm³/mol. The Morgan fingerprint density at radius 3 is 3.12 bits per heavy atom. The summed E-state index contributed by atoms with van der Waals surface area (Å²) in [5.41, 5.74) is 3.13. The van der Waals surface area contributed by atoms with Crippen molar-refractivity contribution in [3.63, 3.8) is 0 Å². The maximum atomic E-state index is 4.27. The minimum atomic E-state index is 0.964. The number of hydrogen-bond acceptors (Lipinski definition) is 2. The topological polar surface area (TPSA) is 41.6 Å². The minimum Gasteiger partial charge on any atom is -0.284 e. The molecule has 2 aromatic rings. The summed E-state index contributed by atoms with van der Waals surface area (Å²) in [6.45, 7) is 2.20. The first-order valence-corrected chi connectivity index (χ1v) is 6.02. The molecule has 0 saturated heterocycles. The van der Waals surface area contributed by atoms with Crippen LogP contribution in [0.4, 0.5) is 0 Å². The van der Waals surface area contributed by atoms with Crippen molar-refractivity contribution >= 4 is 6.08 Å². The minimum absolute atomic E-state index is 0.964. The van der Waals surface area contributed by atoms with Gasteiger partial charge in [-0.2, -0.15) is 5.10 Å². The van der Waals surface area contributed by atoms with Crippen LogP contribution in [0.15, 0.2) is 36.8 Å². The summed E-state index contributed by atoms with van der Waals surface area (Å²) < 4.78 is 0. The molecule has 0 atom stereocenters. The van der Waals surface area contributed by atoms with Gasteiger partial charge >= 0.3 is 0 Å². The normalized spacial score (nSPS) is 11.1. The molecule has 0 amide bonds. The van der Waals surface area contributed by atoms with Crippen LogP contribution in [0, 0.1) is 0 Å². The second-order valence-corrected chi connectivity index (χ2v) is 3.98. The fourth-order valence-electron chi connectivity index (χ4n) is 1.69. The number of aromatic nitrogens is 3. The molecule has 0 bridgehead atoms. The van der Waals surface area contributed by atoms with E-state index < -0.39 is 0 Å². The van der Waals surface area contributed by atoms with Crippen LogP contribution in [0.1, 0.15) is 31.7 Å². The lowest BCUT2D eigenvalue weighted by Crippen LogP contribution is -1.82. The Morgan fingerprint density at radius 1 is 1.41 bits per heavy atom. The second kappa shape index (κ2) is 5.99. The van der Waals surface area contributed by atoms with Crippen LogP contribution < -0.4 is 0 Å². The van der Waals surface area contributed by atoms with E-state index in [1.165, 1.54) is 12.8 Å². The molecule has 0 radical (unpaired) electrons. The number of nitrogens with zero attached hydrogens (tertiary/aromatic N) is 2. The van der Waals surface area contributed by atoms with Gasteiger partial charge in [-0.25, -0.2) is 0 Å². The number of nitrogens with one attached hydrogen (secondary N) is 1. The van der Waals surface area contributed by atoms with E-state index in [0.717, 1.165) is 23.2 Å². The number of H-pyrrole nitrogens is 1. The van der Waals surface area contributed by atoms with Crippen LogP contribution in [0.3, 0.4) is 0 Å². The Morgan fingerprint density at radius 2 is 2.35 bits per heavy atom.